The molecule has 1 saturated carbocycles. The summed E-state index contributed by atoms with van der Waals surface area (Å²) in [6.45, 7) is 4.64. The fraction of sp³-hybridized carbons (Fsp3) is 0.308. The molecule has 0 heterocycles. The van der Waals surface area contributed by atoms with Crippen LogP contribution in [0.2, 0.25) is 0 Å². The molecule has 1 aliphatic rings. The molecule has 3 heteroatoms. The minimum absolute atomic E-state index is 0.119. The third kappa shape index (κ3) is 3.57. The zero-order chi connectivity index (χ0) is 20.6. The van der Waals surface area contributed by atoms with Crippen molar-refractivity contribution in [3.05, 3.63) is 89.5 Å². The molecule has 3 aromatic rings. The maximum absolute atomic E-state index is 9.83. The molecule has 0 aliphatic heterocycles. The molecule has 1 fully saturated rings. The van der Waals surface area contributed by atoms with Crippen LogP contribution in [0.25, 0.3) is 0 Å². The Morgan fingerprint density at radius 1 is 0.621 bits per heavy atom. The van der Waals surface area contributed by atoms with E-state index < -0.39 is 0 Å². The molecule has 0 saturated heterocycles. The van der Waals surface area contributed by atoms with Gasteiger partial charge in [0, 0.05) is 5.41 Å². The average molecular weight is 389 g/mol. The number of aromatic hydroxyl groups is 3. The van der Waals surface area contributed by atoms with Crippen LogP contribution in [0.3, 0.4) is 0 Å². The topological polar surface area (TPSA) is 60.7 Å². The van der Waals surface area contributed by atoms with Gasteiger partial charge in [0.1, 0.15) is 17.2 Å². The van der Waals surface area contributed by atoms with E-state index >= 15 is 0 Å². The van der Waals surface area contributed by atoms with Gasteiger partial charge in [0.05, 0.1) is 0 Å². The van der Waals surface area contributed by atoms with E-state index in [-0.39, 0.29) is 28.1 Å². The largest absolute Gasteiger partial charge is 0.508 e. The first-order chi connectivity index (χ1) is 13.8. The number of phenolic OH excluding ortho intramolecular Hbond substituents is 3. The Morgan fingerprint density at radius 2 is 1.03 bits per heavy atom. The quantitative estimate of drug-likeness (QED) is 0.509. The van der Waals surface area contributed by atoms with Gasteiger partial charge in [-0.25, -0.2) is 0 Å². The maximum atomic E-state index is 9.83. The molecule has 1 unspecified atom stereocenters. The van der Waals surface area contributed by atoms with Gasteiger partial charge in [-0.05, 0) is 83.7 Å². The zero-order valence-corrected chi connectivity index (χ0v) is 17.0. The second kappa shape index (κ2) is 7.14. The highest BCUT2D eigenvalue weighted by Crippen LogP contribution is 2.57. The first-order valence-electron chi connectivity index (χ1n) is 10.2. The Morgan fingerprint density at radius 3 is 1.48 bits per heavy atom. The van der Waals surface area contributed by atoms with E-state index in [1.807, 2.05) is 36.4 Å². The molecular formula is C26H28O3. The van der Waals surface area contributed by atoms with Crippen molar-refractivity contribution in [1.82, 2.24) is 0 Å². The van der Waals surface area contributed by atoms with Crippen LogP contribution in [0.4, 0.5) is 0 Å². The molecule has 1 atom stereocenters. The monoisotopic (exact) mass is 388 g/mol. The van der Waals surface area contributed by atoms with E-state index in [1.54, 1.807) is 36.4 Å². The molecule has 3 N–H and O–H groups in total. The van der Waals surface area contributed by atoms with Gasteiger partial charge in [-0.1, -0.05) is 50.2 Å². The SMILES string of the molecule is CC1(C)CCC(c2ccc(O)cc2)(c2ccc(O)cc2)CC1c1ccc(O)cc1. The summed E-state index contributed by atoms with van der Waals surface area (Å²) in [6.07, 6.45) is 2.95. The van der Waals surface area contributed by atoms with Gasteiger partial charge in [-0.3, -0.25) is 0 Å². The van der Waals surface area contributed by atoms with Crippen LogP contribution >= 0.6 is 0 Å². The minimum Gasteiger partial charge on any atom is -0.508 e. The Labute approximate surface area is 172 Å². The van der Waals surface area contributed by atoms with Crippen LogP contribution in [-0.4, -0.2) is 15.3 Å². The Balaban J connectivity index is 1.85. The van der Waals surface area contributed by atoms with Crippen molar-refractivity contribution < 1.29 is 15.3 Å². The lowest BCUT2D eigenvalue weighted by atomic mass is 9.54. The highest BCUT2D eigenvalue weighted by Gasteiger charge is 2.47. The predicted molar refractivity (Wildman–Crippen MR) is 115 cm³/mol. The molecule has 0 spiro atoms. The molecule has 3 aromatic carbocycles. The average Bonchev–Trinajstić information content (AvgIpc) is 2.70. The molecule has 3 nitrogen and oxygen atoms in total. The summed E-state index contributed by atoms with van der Waals surface area (Å²) in [4.78, 5) is 0. The maximum Gasteiger partial charge on any atom is 0.115 e. The summed E-state index contributed by atoms with van der Waals surface area (Å²) >= 11 is 0. The molecule has 150 valence electrons. The molecule has 1 aliphatic carbocycles. The van der Waals surface area contributed by atoms with Crippen molar-refractivity contribution in [2.75, 3.05) is 0 Å². The highest BCUT2D eigenvalue weighted by molar-refractivity contribution is 5.45. The van der Waals surface area contributed by atoms with Gasteiger partial charge >= 0.3 is 0 Å². The summed E-state index contributed by atoms with van der Waals surface area (Å²) in [5, 5.41) is 29.4. The van der Waals surface area contributed by atoms with Crippen molar-refractivity contribution in [1.29, 1.82) is 0 Å². The van der Waals surface area contributed by atoms with Gasteiger partial charge in [0.15, 0.2) is 0 Å². The molecule has 0 bridgehead atoms. The van der Waals surface area contributed by atoms with Crippen molar-refractivity contribution >= 4 is 0 Å². The fourth-order valence-electron chi connectivity index (χ4n) is 4.96. The predicted octanol–water partition coefficient (Wildman–Crippen LogP) is 6.08. The van der Waals surface area contributed by atoms with Crippen LogP contribution in [0.5, 0.6) is 17.2 Å². The number of hydrogen-bond acceptors (Lipinski definition) is 3. The summed E-state index contributed by atoms with van der Waals surface area (Å²) in [7, 11) is 0. The summed E-state index contributed by atoms with van der Waals surface area (Å²) in [6, 6.07) is 22.7. The van der Waals surface area contributed by atoms with Crippen LogP contribution in [0.15, 0.2) is 72.8 Å². The van der Waals surface area contributed by atoms with E-state index in [4.69, 9.17) is 0 Å². The second-order valence-corrected chi connectivity index (χ2v) is 9.01. The first-order valence-corrected chi connectivity index (χ1v) is 10.2. The lowest BCUT2D eigenvalue weighted by Gasteiger charge is -2.50. The molecule has 4 rings (SSSR count). The molecule has 29 heavy (non-hydrogen) atoms. The minimum atomic E-state index is -0.209. The lowest BCUT2D eigenvalue weighted by molar-refractivity contribution is 0.147. The standard InChI is InChI=1S/C26H28O3/c1-25(2)15-16-26(19-5-11-22(28)12-6-19,20-7-13-23(29)14-8-20)17-24(25)18-3-9-21(27)10-4-18/h3-14,24,27-29H,15-17H2,1-2H3. The molecule has 0 aromatic heterocycles. The third-order valence-electron chi connectivity index (χ3n) is 6.83. The highest BCUT2D eigenvalue weighted by atomic mass is 16.3. The second-order valence-electron chi connectivity index (χ2n) is 9.01. The van der Waals surface area contributed by atoms with E-state index in [0.29, 0.717) is 5.92 Å². The van der Waals surface area contributed by atoms with Gasteiger partial charge in [0.25, 0.3) is 0 Å². The van der Waals surface area contributed by atoms with Crippen molar-refractivity contribution in [3.8, 4) is 17.2 Å². The van der Waals surface area contributed by atoms with Crippen molar-refractivity contribution in [2.24, 2.45) is 5.41 Å². The Kier molecular flexibility index (Phi) is 4.77. The van der Waals surface area contributed by atoms with Crippen LogP contribution in [0, 0.1) is 5.41 Å². The number of rotatable bonds is 3. The van der Waals surface area contributed by atoms with Crippen molar-refractivity contribution in [3.63, 3.8) is 0 Å². The summed E-state index contributed by atoms with van der Waals surface area (Å²) in [5.74, 6) is 1.12. The Bertz CT molecular complexity index is 924. The number of phenols is 3. The normalized spacial score (nSPS) is 20.3. The zero-order valence-electron chi connectivity index (χ0n) is 17.0. The van der Waals surface area contributed by atoms with Gasteiger partial charge in [0.2, 0.25) is 0 Å². The number of hydrogen-bond donors (Lipinski definition) is 3. The lowest BCUT2D eigenvalue weighted by Crippen LogP contribution is -2.40. The van der Waals surface area contributed by atoms with Gasteiger partial charge < -0.3 is 15.3 Å². The third-order valence-corrected chi connectivity index (χ3v) is 6.83. The summed E-state index contributed by atoms with van der Waals surface area (Å²) < 4.78 is 0. The first kappa shape index (κ1) is 19.4. The van der Waals surface area contributed by atoms with E-state index in [9.17, 15) is 15.3 Å². The van der Waals surface area contributed by atoms with Gasteiger partial charge in [-0.15, -0.1) is 0 Å². The van der Waals surface area contributed by atoms with E-state index in [2.05, 4.69) is 13.8 Å². The van der Waals surface area contributed by atoms with Crippen LogP contribution in [0.1, 0.15) is 55.7 Å². The molecular weight excluding hydrogens is 360 g/mol. The Hall–Kier alpha value is -2.94. The smallest absolute Gasteiger partial charge is 0.115 e. The summed E-state index contributed by atoms with van der Waals surface area (Å²) in [5.41, 5.74) is 3.50. The van der Waals surface area contributed by atoms with E-state index in [1.165, 1.54) is 16.7 Å². The molecule has 0 amide bonds. The molecule has 0 radical (unpaired) electrons. The van der Waals surface area contributed by atoms with E-state index in [0.717, 1.165) is 19.3 Å². The van der Waals surface area contributed by atoms with Gasteiger partial charge in [-0.2, -0.15) is 0 Å². The van der Waals surface area contributed by atoms with Crippen LogP contribution < -0.4 is 0 Å². The number of benzene rings is 3. The fourth-order valence-corrected chi connectivity index (χ4v) is 4.96. The van der Waals surface area contributed by atoms with Crippen LogP contribution in [-0.2, 0) is 5.41 Å². The van der Waals surface area contributed by atoms with Crippen molar-refractivity contribution in [2.45, 2.75) is 44.4 Å².